The molecular weight excluding hydrogens is 354 g/mol. The number of anilines is 2. The monoisotopic (exact) mass is 385 g/mol. The summed E-state index contributed by atoms with van der Waals surface area (Å²) < 4.78 is 7.93. The van der Waals surface area contributed by atoms with Crippen LogP contribution in [0.5, 0.6) is 0 Å². The molecule has 2 fully saturated rings. The summed E-state index contributed by atoms with van der Waals surface area (Å²) in [7, 11) is 0. The fourth-order valence-electron chi connectivity index (χ4n) is 4.34. The predicted octanol–water partition coefficient (Wildman–Crippen LogP) is 2.60. The third-order valence-electron chi connectivity index (χ3n) is 5.87. The van der Waals surface area contributed by atoms with Crippen molar-refractivity contribution in [3.8, 4) is 0 Å². The Morgan fingerprint density at radius 1 is 1.21 bits per heavy atom. The van der Waals surface area contributed by atoms with Gasteiger partial charge in [-0.3, -0.25) is 4.68 Å². The highest BCUT2D eigenvalue weighted by molar-refractivity contribution is 5.49. The Balaban J connectivity index is 1.35. The molecule has 2 aliphatic rings. The van der Waals surface area contributed by atoms with E-state index in [9.17, 15) is 0 Å². The normalized spacial score (nSPS) is 23.9. The van der Waals surface area contributed by atoms with Gasteiger partial charge in [0.15, 0.2) is 0 Å². The topological polar surface area (TPSA) is 81.0 Å². The second-order valence-electron chi connectivity index (χ2n) is 8.29. The zero-order chi connectivity index (χ0) is 19.3. The van der Waals surface area contributed by atoms with Crippen LogP contribution >= 0.6 is 0 Å². The lowest BCUT2D eigenvalue weighted by Gasteiger charge is -2.35. The molecule has 0 saturated carbocycles. The molecule has 2 aromatic rings. The maximum Gasteiger partial charge on any atom is 0.134 e. The van der Waals surface area contributed by atoms with Crippen LogP contribution in [0.1, 0.15) is 39.5 Å². The van der Waals surface area contributed by atoms with E-state index in [0.29, 0.717) is 17.9 Å². The van der Waals surface area contributed by atoms with E-state index >= 15 is 0 Å². The summed E-state index contributed by atoms with van der Waals surface area (Å²) in [6.45, 7) is 8.27. The molecule has 0 spiro atoms. The van der Waals surface area contributed by atoms with Gasteiger partial charge >= 0.3 is 0 Å². The molecule has 8 heteroatoms. The van der Waals surface area contributed by atoms with Gasteiger partial charge in [0.2, 0.25) is 0 Å². The summed E-state index contributed by atoms with van der Waals surface area (Å²) in [5.41, 5.74) is 0. The Bertz CT molecular complexity index is 728. The molecule has 0 unspecified atom stereocenters. The molecule has 0 amide bonds. The van der Waals surface area contributed by atoms with Crippen molar-refractivity contribution in [2.24, 2.45) is 11.8 Å². The maximum atomic E-state index is 6.00. The van der Waals surface area contributed by atoms with Crippen molar-refractivity contribution in [2.75, 3.05) is 29.9 Å². The van der Waals surface area contributed by atoms with Crippen molar-refractivity contribution < 1.29 is 4.74 Å². The van der Waals surface area contributed by atoms with Crippen LogP contribution < -0.4 is 10.2 Å². The van der Waals surface area contributed by atoms with E-state index in [1.165, 1.54) is 0 Å². The van der Waals surface area contributed by atoms with Crippen molar-refractivity contribution in [1.82, 2.24) is 25.0 Å². The van der Waals surface area contributed by atoms with Gasteiger partial charge in [-0.1, -0.05) is 19.1 Å². The van der Waals surface area contributed by atoms with Crippen LogP contribution in [0.15, 0.2) is 24.8 Å². The van der Waals surface area contributed by atoms with E-state index in [1.807, 2.05) is 10.9 Å². The molecular formula is C20H31N7O. The molecule has 4 rings (SSSR count). The van der Waals surface area contributed by atoms with Crippen LogP contribution in [0.2, 0.25) is 0 Å². The van der Waals surface area contributed by atoms with Crippen LogP contribution in [-0.4, -0.2) is 56.8 Å². The van der Waals surface area contributed by atoms with Crippen molar-refractivity contribution >= 4 is 11.6 Å². The summed E-state index contributed by atoms with van der Waals surface area (Å²) in [4.78, 5) is 11.4. The molecule has 2 saturated heterocycles. The van der Waals surface area contributed by atoms with Gasteiger partial charge in [0, 0.05) is 38.5 Å². The van der Waals surface area contributed by atoms with Crippen molar-refractivity contribution in [2.45, 2.75) is 58.2 Å². The van der Waals surface area contributed by atoms with Gasteiger partial charge in [0.1, 0.15) is 18.0 Å². The SMILES string of the molecule is CC(C)[C@@H]1OCCC[C@@H]1Nc1cc(N2CCC(Cn3ccnn3)CC2)ncn1. The second kappa shape index (κ2) is 8.86. The van der Waals surface area contributed by atoms with E-state index < -0.39 is 0 Å². The Morgan fingerprint density at radius 2 is 2.07 bits per heavy atom. The average molecular weight is 386 g/mol. The van der Waals surface area contributed by atoms with Crippen LogP contribution in [0.4, 0.5) is 11.6 Å². The Kier molecular flexibility index (Phi) is 6.04. The minimum Gasteiger partial charge on any atom is -0.376 e. The van der Waals surface area contributed by atoms with Gasteiger partial charge in [0.05, 0.1) is 18.3 Å². The van der Waals surface area contributed by atoms with Gasteiger partial charge < -0.3 is 15.0 Å². The lowest BCUT2D eigenvalue weighted by Crippen LogP contribution is -2.43. The maximum absolute atomic E-state index is 6.00. The summed E-state index contributed by atoms with van der Waals surface area (Å²) >= 11 is 0. The minimum atomic E-state index is 0.236. The molecule has 2 aromatic heterocycles. The molecule has 1 N–H and O–H groups in total. The number of nitrogens with one attached hydrogen (secondary N) is 1. The van der Waals surface area contributed by atoms with E-state index in [-0.39, 0.29) is 6.10 Å². The number of hydrogen-bond acceptors (Lipinski definition) is 7. The number of ether oxygens (including phenoxy) is 1. The molecule has 0 aromatic carbocycles. The van der Waals surface area contributed by atoms with Crippen LogP contribution in [-0.2, 0) is 11.3 Å². The largest absolute Gasteiger partial charge is 0.376 e. The zero-order valence-electron chi connectivity index (χ0n) is 16.9. The van der Waals surface area contributed by atoms with Gasteiger partial charge in [-0.2, -0.15) is 0 Å². The zero-order valence-corrected chi connectivity index (χ0v) is 16.9. The smallest absolute Gasteiger partial charge is 0.134 e. The number of nitrogens with zero attached hydrogens (tertiary/aromatic N) is 6. The molecule has 152 valence electrons. The van der Waals surface area contributed by atoms with Gasteiger partial charge in [-0.05, 0) is 37.5 Å². The highest BCUT2D eigenvalue weighted by atomic mass is 16.5. The van der Waals surface area contributed by atoms with E-state index in [4.69, 9.17) is 4.74 Å². The van der Waals surface area contributed by atoms with Gasteiger partial charge in [-0.15, -0.1) is 5.10 Å². The van der Waals surface area contributed by atoms with E-state index in [1.54, 1.807) is 12.5 Å². The number of hydrogen-bond donors (Lipinski definition) is 1. The fourth-order valence-corrected chi connectivity index (χ4v) is 4.34. The third kappa shape index (κ3) is 4.60. The van der Waals surface area contributed by atoms with Crippen LogP contribution in [0.25, 0.3) is 0 Å². The Hall–Kier alpha value is -2.22. The fraction of sp³-hybridized carbons (Fsp3) is 0.700. The molecule has 0 radical (unpaired) electrons. The summed E-state index contributed by atoms with van der Waals surface area (Å²) in [6, 6.07) is 2.40. The quantitative estimate of drug-likeness (QED) is 0.818. The van der Waals surface area contributed by atoms with Gasteiger partial charge in [0.25, 0.3) is 0 Å². The number of piperidine rings is 1. The first kappa shape index (κ1) is 19.1. The molecule has 0 bridgehead atoms. The molecule has 2 atom stereocenters. The summed E-state index contributed by atoms with van der Waals surface area (Å²) in [5.74, 6) is 3.04. The first-order valence-corrected chi connectivity index (χ1v) is 10.5. The standard InChI is InChI=1S/C20H31N7O/c1-15(2)20-17(4-3-11-28-20)24-18-12-19(22-14-21-18)26-8-5-16(6-9-26)13-27-10-7-23-25-27/h7,10,12,14-17,20H,3-6,8-9,11,13H2,1-2H3,(H,21,22,24)/t17-,20-/m0/s1. The first-order valence-electron chi connectivity index (χ1n) is 10.5. The van der Waals surface area contributed by atoms with E-state index in [2.05, 4.69) is 50.4 Å². The van der Waals surface area contributed by atoms with Gasteiger partial charge in [-0.25, -0.2) is 9.97 Å². The Labute approximate surface area is 166 Å². The van der Waals surface area contributed by atoms with Crippen molar-refractivity contribution in [1.29, 1.82) is 0 Å². The number of aromatic nitrogens is 5. The highest BCUT2D eigenvalue weighted by Gasteiger charge is 2.29. The second-order valence-corrected chi connectivity index (χ2v) is 8.29. The molecule has 8 nitrogen and oxygen atoms in total. The van der Waals surface area contributed by atoms with Crippen molar-refractivity contribution in [3.05, 3.63) is 24.8 Å². The predicted molar refractivity (Wildman–Crippen MR) is 108 cm³/mol. The highest BCUT2D eigenvalue weighted by Crippen LogP contribution is 2.26. The average Bonchev–Trinajstić information content (AvgIpc) is 3.22. The Morgan fingerprint density at radius 3 is 2.82 bits per heavy atom. The summed E-state index contributed by atoms with van der Waals surface area (Å²) in [5, 5.41) is 11.6. The van der Waals surface area contributed by atoms with Crippen molar-refractivity contribution in [3.63, 3.8) is 0 Å². The minimum absolute atomic E-state index is 0.236. The van der Waals surface area contributed by atoms with Crippen LogP contribution in [0, 0.1) is 11.8 Å². The number of rotatable bonds is 6. The summed E-state index contributed by atoms with van der Waals surface area (Å²) in [6.07, 6.45) is 10.1. The van der Waals surface area contributed by atoms with E-state index in [0.717, 1.165) is 63.6 Å². The first-order chi connectivity index (χ1) is 13.7. The molecule has 0 aliphatic carbocycles. The molecule has 28 heavy (non-hydrogen) atoms. The lowest BCUT2D eigenvalue weighted by atomic mass is 9.93. The third-order valence-corrected chi connectivity index (χ3v) is 5.87. The molecule has 2 aliphatic heterocycles. The lowest BCUT2D eigenvalue weighted by molar-refractivity contribution is -0.0203. The molecule has 4 heterocycles. The van der Waals surface area contributed by atoms with Crippen LogP contribution in [0.3, 0.4) is 0 Å².